The molecule has 0 aromatic carbocycles. The van der Waals surface area contributed by atoms with E-state index in [-0.39, 0.29) is 16.9 Å². The molecule has 1 aromatic rings. The summed E-state index contributed by atoms with van der Waals surface area (Å²) in [6, 6.07) is 0. The normalized spacial score (nSPS) is 23.9. The summed E-state index contributed by atoms with van der Waals surface area (Å²) >= 11 is 0. The van der Waals surface area contributed by atoms with Gasteiger partial charge in [-0.05, 0) is 19.9 Å². The van der Waals surface area contributed by atoms with Gasteiger partial charge in [-0.15, -0.1) is 5.10 Å². The Morgan fingerprint density at radius 1 is 1.41 bits per heavy atom. The summed E-state index contributed by atoms with van der Waals surface area (Å²) in [5, 5.41) is 10.3. The predicted octanol–water partition coefficient (Wildman–Crippen LogP) is -1.36. The molecule has 0 radical (unpaired) electrons. The van der Waals surface area contributed by atoms with Gasteiger partial charge in [0.15, 0.2) is 0 Å². The highest BCUT2D eigenvalue weighted by atomic mass is 16.2. The number of anilines is 1. The lowest BCUT2D eigenvalue weighted by atomic mass is 10.0. The number of nitrogens with zero attached hydrogens (tertiary/aromatic N) is 3. The first-order valence-electron chi connectivity index (χ1n) is 5.56. The summed E-state index contributed by atoms with van der Waals surface area (Å²) in [5.41, 5.74) is -0.993. The van der Waals surface area contributed by atoms with Crippen molar-refractivity contribution in [2.45, 2.75) is 18.9 Å². The highest BCUT2D eigenvalue weighted by molar-refractivity contribution is 5.34. The van der Waals surface area contributed by atoms with Crippen molar-refractivity contribution in [3.8, 4) is 0 Å². The fourth-order valence-electron chi connectivity index (χ4n) is 1.99. The summed E-state index contributed by atoms with van der Waals surface area (Å²) in [6.07, 6.45) is 0.917. The number of aromatic nitrogens is 3. The molecule has 7 heteroatoms. The summed E-state index contributed by atoms with van der Waals surface area (Å²) in [7, 11) is 2.98. The van der Waals surface area contributed by atoms with Gasteiger partial charge in [-0.1, -0.05) is 0 Å². The average molecular weight is 239 g/mol. The SMILES string of the molecule is Cn1nc(NC2(C)CCNC2)c(=O)n(C)c1=O. The van der Waals surface area contributed by atoms with Gasteiger partial charge in [0.25, 0.3) is 5.56 Å². The fraction of sp³-hybridized carbons (Fsp3) is 0.700. The third-order valence-electron chi connectivity index (χ3n) is 3.11. The maximum atomic E-state index is 11.9. The van der Waals surface area contributed by atoms with Crippen LogP contribution in [0.4, 0.5) is 5.82 Å². The summed E-state index contributed by atoms with van der Waals surface area (Å²) in [5.74, 6) is 0.223. The molecule has 1 aliphatic rings. The van der Waals surface area contributed by atoms with Crippen molar-refractivity contribution in [2.75, 3.05) is 18.4 Å². The van der Waals surface area contributed by atoms with Crippen LogP contribution in [0.3, 0.4) is 0 Å². The maximum Gasteiger partial charge on any atom is 0.346 e. The Morgan fingerprint density at radius 3 is 2.71 bits per heavy atom. The molecule has 0 saturated carbocycles. The molecule has 1 atom stereocenters. The van der Waals surface area contributed by atoms with Gasteiger partial charge in [-0.3, -0.25) is 9.36 Å². The lowest BCUT2D eigenvalue weighted by Gasteiger charge is -2.24. The molecular formula is C10H17N5O2. The standard InChI is InChI=1S/C10H17N5O2/c1-10(4-5-11-6-10)12-7-8(16)14(2)9(17)15(3)13-7/h11H,4-6H2,1-3H3,(H,12,13). The first-order valence-corrected chi connectivity index (χ1v) is 5.56. The molecule has 0 spiro atoms. The molecule has 2 N–H and O–H groups in total. The number of nitrogens with one attached hydrogen (secondary N) is 2. The van der Waals surface area contributed by atoms with Crippen LogP contribution < -0.4 is 21.9 Å². The zero-order valence-corrected chi connectivity index (χ0v) is 10.3. The molecule has 1 saturated heterocycles. The van der Waals surface area contributed by atoms with Gasteiger partial charge in [0.1, 0.15) is 0 Å². The molecule has 0 aliphatic carbocycles. The van der Waals surface area contributed by atoms with Crippen LogP contribution in [0.5, 0.6) is 0 Å². The van der Waals surface area contributed by atoms with E-state index in [1.165, 1.54) is 14.1 Å². The number of aryl methyl sites for hydroxylation is 1. The van der Waals surface area contributed by atoms with Crippen LogP contribution in [0, 0.1) is 0 Å². The van der Waals surface area contributed by atoms with E-state index in [1.807, 2.05) is 6.92 Å². The fourth-order valence-corrected chi connectivity index (χ4v) is 1.99. The number of hydrogen-bond donors (Lipinski definition) is 2. The van der Waals surface area contributed by atoms with Gasteiger partial charge in [-0.2, -0.15) is 0 Å². The number of rotatable bonds is 2. The van der Waals surface area contributed by atoms with Gasteiger partial charge < -0.3 is 10.6 Å². The second-order valence-corrected chi connectivity index (χ2v) is 4.73. The van der Waals surface area contributed by atoms with Crippen molar-refractivity contribution in [1.29, 1.82) is 0 Å². The smallest absolute Gasteiger partial charge is 0.346 e. The highest BCUT2D eigenvalue weighted by Crippen LogP contribution is 2.17. The Balaban J connectivity index is 2.40. The molecule has 1 fully saturated rings. The summed E-state index contributed by atoms with van der Waals surface area (Å²) in [4.78, 5) is 23.4. The van der Waals surface area contributed by atoms with Gasteiger partial charge in [0.2, 0.25) is 5.82 Å². The van der Waals surface area contributed by atoms with Gasteiger partial charge in [0, 0.05) is 26.2 Å². The lowest BCUT2D eigenvalue weighted by molar-refractivity contribution is 0.543. The third-order valence-corrected chi connectivity index (χ3v) is 3.11. The Bertz CT molecular complexity index is 539. The van der Waals surface area contributed by atoms with Crippen LogP contribution in [-0.2, 0) is 14.1 Å². The predicted molar refractivity (Wildman–Crippen MR) is 64.2 cm³/mol. The van der Waals surface area contributed by atoms with Crippen molar-refractivity contribution in [3.63, 3.8) is 0 Å². The second kappa shape index (κ2) is 3.99. The van der Waals surface area contributed by atoms with Crippen LogP contribution in [0.2, 0.25) is 0 Å². The average Bonchev–Trinajstić information content (AvgIpc) is 2.70. The van der Waals surface area contributed by atoms with E-state index in [9.17, 15) is 9.59 Å². The van der Waals surface area contributed by atoms with Crippen molar-refractivity contribution in [2.24, 2.45) is 14.1 Å². The van der Waals surface area contributed by atoms with Gasteiger partial charge in [0.05, 0.1) is 0 Å². The maximum absolute atomic E-state index is 11.9. The van der Waals surface area contributed by atoms with E-state index < -0.39 is 5.69 Å². The molecule has 1 aliphatic heterocycles. The summed E-state index contributed by atoms with van der Waals surface area (Å²) in [6.45, 7) is 3.72. The molecule has 0 amide bonds. The second-order valence-electron chi connectivity index (χ2n) is 4.73. The molecule has 2 rings (SSSR count). The molecule has 0 bridgehead atoms. The Labute approximate surface area is 98.5 Å². The number of hydrogen-bond acceptors (Lipinski definition) is 5. The van der Waals surface area contributed by atoms with Crippen molar-refractivity contribution in [3.05, 3.63) is 20.8 Å². The molecule has 1 unspecified atom stereocenters. The Kier molecular flexibility index (Phi) is 2.78. The van der Waals surface area contributed by atoms with Crippen molar-refractivity contribution >= 4 is 5.82 Å². The van der Waals surface area contributed by atoms with E-state index >= 15 is 0 Å². The van der Waals surface area contributed by atoms with Gasteiger partial charge in [-0.25, -0.2) is 9.48 Å². The van der Waals surface area contributed by atoms with E-state index in [0.717, 1.165) is 28.8 Å². The van der Waals surface area contributed by atoms with Crippen LogP contribution in [0.15, 0.2) is 9.59 Å². The molecule has 17 heavy (non-hydrogen) atoms. The van der Waals surface area contributed by atoms with E-state index in [1.54, 1.807) is 0 Å². The first kappa shape index (κ1) is 11.8. The third kappa shape index (κ3) is 2.10. The minimum Gasteiger partial charge on any atom is -0.358 e. The van der Waals surface area contributed by atoms with Crippen molar-refractivity contribution in [1.82, 2.24) is 19.7 Å². The van der Waals surface area contributed by atoms with E-state index in [4.69, 9.17) is 0 Å². The molecule has 7 nitrogen and oxygen atoms in total. The highest BCUT2D eigenvalue weighted by Gasteiger charge is 2.29. The van der Waals surface area contributed by atoms with E-state index in [2.05, 4.69) is 15.7 Å². The molecule has 1 aromatic heterocycles. The monoisotopic (exact) mass is 239 g/mol. The van der Waals surface area contributed by atoms with Gasteiger partial charge >= 0.3 is 5.69 Å². The largest absolute Gasteiger partial charge is 0.358 e. The molecule has 94 valence electrons. The molecule has 2 heterocycles. The van der Waals surface area contributed by atoms with E-state index in [0.29, 0.717) is 0 Å². The van der Waals surface area contributed by atoms with Crippen LogP contribution in [0.1, 0.15) is 13.3 Å². The zero-order chi connectivity index (χ0) is 12.6. The van der Waals surface area contributed by atoms with Crippen LogP contribution in [-0.4, -0.2) is 33.0 Å². The van der Waals surface area contributed by atoms with Crippen molar-refractivity contribution < 1.29 is 0 Å². The summed E-state index contributed by atoms with van der Waals surface area (Å²) < 4.78 is 2.22. The lowest BCUT2D eigenvalue weighted by Crippen LogP contribution is -2.45. The van der Waals surface area contributed by atoms with Crippen LogP contribution >= 0.6 is 0 Å². The quantitative estimate of drug-likeness (QED) is 0.666. The Morgan fingerprint density at radius 2 is 2.12 bits per heavy atom. The minimum absolute atomic E-state index is 0.184. The zero-order valence-electron chi connectivity index (χ0n) is 10.3. The molecular weight excluding hydrogens is 222 g/mol. The van der Waals surface area contributed by atoms with Crippen LogP contribution in [0.25, 0.3) is 0 Å². The minimum atomic E-state index is -0.421. The first-order chi connectivity index (χ1) is 7.93. The Hall–Kier alpha value is -1.63. The topological polar surface area (TPSA) is 81.0 Å².